The fraction of sp³-hybridized carbons (Fsp3) is 0.375. The van der Waals surface area contributed by atoms with Crippen LogP contribution in [0.3, 0.4) is 0 Å². The van der Waals surface area contributed by atoms with E-state index in [-0.39, 0.29) is 0 Å². The van der Waals surface area contributed by atoms with Crippen molar-refractivity contribution in [1.29, 1.82) is 0 Å². The van der Waals surface area contributed by atoms with E-state index in [1.165, 1.54) is 45.1 Å². The Kier molecular flexibility index (Phi) is 4.60. The summed E-state index contributed by atoms with van der Waals surface area (Å²) < 4.78 is 0. The monoisotopic (exact) mass is 415 g/mol. The highest BCUT2D eigenvalue weighted by molar-refractivity contribution is 7.98. The number of hydrogen-bond acceptors (Lipinski definition) is 6. The van der Waals surface area contributed by atoms with Crippen molar-refractivity contribution in [1.82, 2.24) is 15.0 Å². The molecule has 0 aromatic carbocycles. The Labute approximate surface area is 181 Å². The number of aromatic nitrogens is 3. The molecule has 0 N–H and O–H groups in total. The molecule has 152 valence electrons. The van der Waals surface area contributed by atoms with Crippen LogP contribution in [-0.4, -0.2) is 33.8 Å². The average molecular weight is 416 g/mol. The lowest BCUT2D eigenvalue weighted by Gasteiger charge is -2.33. The average Bonchev–Trinajstić information content (AvgIpc) is 2.82. The second-order valence-corrected chi connectivity index (χ2v) is 9.47. The molecule has 0 bridgehead atoms. The van der Waals surface area contributed by atoms with Crippen LogP contribution in [0.1, 0.15) is 33.6 Å². The number of thioether (sulfide) groups is 1. The molecule has 0 unspecified atom stereocenters. The van der Waals surface area contributed by atoms with Gasteiger partial charge in [-0.25, -0.2) is 4.98 Å². The summed E-state index contributed by atoms with van der Waals surface area (Å²) in [4.78, 5) is 19.0. The van der Waals surface area contributed by atoms with Crippen LogP contribution < -0.4 is 9.80 Å². The Hall–Kier alpha value is -2.60. The van der Waals surface area contributed by atoms with Gasteiger partial charge in [-0.15, -0.1) is 0 Å². The van der Waals surface area contributed by atoms with Crippen molar-refractivity contribution in [2.24, 2.45) is 0 Å². The smallest absolute Gasteiger partial charge is 0.129 e. The predicted octanol–water partition coefficient (Wildman–Crippen LogP) is 3.79. The van der Waals surface area contributed by atoms with Crippen LogP contribution in [0, 0.1) is 0 Å². The second kappa shape index (κ2) is 7.58. The van der Waals surface area contributed by atoms with Gasteiger partial charge < -0.3 is 9.80 Å². The van der Waals surface area contributed by atoms with Crippen molar-refractivity contribution >= 4 is 23.3 Å². The number of anilines is 2. The Morgan fingerprint density at radius 1 is 0.800 bits per heavy atom. The van der Waals surface area contributed by atoms with Crippen LogP contribution in [0.25, 0.3) is 0 Å². The van der Waals surface area contributed by atoms with Crippen molar-refractivity contribution < 1.29 is 0 Å². The lowest BCUT2D eigenvalue weighted by molar-refractivity contribution is 0.691. The molecule has 6 heteroatoms. The SMILES string of the molecule is c1cc2c(cn1)CN(c1cnc3c(c1)CN(c1ccc4c(n1)CSCC4)CC3)CC2. The predicted molar refractivity (Wildman–Crippen MR) is 122 cm³/mol. The number of pyridine rings is 3. The van der Waals surface area contributed by atoms with E-state index in [1.807, 2.05) is 24.2 Å². The molecule has 0 radical (unpaired) electrons. The van der Waals surface area contributed by atoms with Crippen molar-refractivity contribution in [3.8, 4) is 0 Å². The summed E-state index contributed by atoms with van der Waals surface area (Å²) in [6, 6.07) is 9.01. The Morgan fingerprint density at radius 3 is 2.73 bits per heavy atom. The molecule has 0 atom stereocenters. The lowest BCUT2D eigenvalue weighted by Crippen LogP contribution is -2.33. The lowest BCUT2D eigenvalue weighted by atomic mass is 10.0. The fourth-order valence-electron chi connectivity index (χ4n) is 4.78. The summed E-state index contributed by atoms with van der Waals surface area (Å²) in [7, 11) is 0. The summed E-state index contributed by atoms with van der Waals surface area (Å²) in [5.74, 6) is 3.38. The van der Waals surface area contributed by atoms with E-state index >= 15 is 0 Å². The Morgan fingerprint density at radius 2 is 1.73 bits per heavy atom. The topological polar surface area (TPSA) is 45.2 Å². The molecule has 3 aromatic rings. The van der Waals surface area contributed by atoms with E-state index in [0.717, 1.165) is 57.0 Å². The minimum atomic E-state index is 0.890. The molecule has 3 aliphatic rings. The summed E-state index contributed by atoms with van der Waals surface area (Å²) in [6.45, 7) is 3.82. The number of rotatable bonds is 2. The van der Waals surface area contributed by atoms with E-state index in [2.05, 4.69) is 45.2 Å². The van der Waals surface area contributed by atoms with Gasteiger partial charge in [0.15, 0.2) is 0 Å². The first kappa shape index (κ1) is 18.2. The van der Waals surface area contributed by atoms with E-state index in [1.54, 1.807) is 0 Å². The molecule has 6 heterocycles. The van der Waals surface area contributed by atoms with E-state index in [0.29, 0.717) is 0 Å². The molecule has 0 spiro atoms. The summed E-state index contributed by atoms with van der Waals surface area (Å²) in [6.07, 6.45) is 9.17. The van der Waals surface area contributed by atoms with Crippen LogP contribution in [0.5, 0.6) is 0 Å². The molecule has 0 saturated carbocycles. The molecule has 0 fully saturated rings. The highest BCUT2D eigenvalue weighted by Crippen LogP contribution is 2.30. The zero-order chi connectivity index (χ0) is 19.9. The van der Waals surface area contributed by atoms with Crippen LogP contribution in [0.15, 0.2) is 42.9 Å². The normalized spacial score (nSPS) is 17.9. The minimum absolute atomic E-state index is 0.890. The van der Waals surface area contributed by atoms with Gasteiger partial charge in [0.05, 0.1) is 17.6 Å². The zero-order valence-corrected chi connectivity index (χ0v) is 17.9. The molecule has 5 nitrogen and oxygen atoms in total. The van der Waals surface area contributed by atoms with Crippen molar-refractivity contribution in [2.75, 3.05) is 28.6 Å². The summed E-state index contributed by atoms with van der Waals surface area (Å²) in [5.41, 5.74) is 9.27. The quantitative estimate of drug-likeness (QED) is 0.635. The van der Waals surface area contributed by atoms with Crippen molar-refractivity contribution in [3.63, 3.8) is 0 Å². The van der Waals surface area contributed by atoms with E-state index < -0.39 is 0 Å². The van der Waals surface area contributed by atoms with Gasteiger partial charge in [0, 0.05) is 56.4 Å². The Balaban J connectivity index is 1.24. The maximum Gasteiger partial charge on any atom is 0.129 e. The molecule has 30 heavy (non-hydrogen) atoms. The fourth-order valence-corrected chi connectivity index (χ4v) is 5.74. The summed E-state index contributed by atoms with van der Waals surface area (Å²) in [5, 5.41) is 0. The van der Waals surface area contributed by atoms with Gasteiger partial charge in [-0.2, -0.15) is 11.8 Å². The van der Waals surface area contributed by atoms with Crippen LogP contribution >= 0.6 is 11.8 Å². The molecular formula is C24H25N5S. The highest BCUT2D eigenvalue weighted by Gasteiger charge is 2.23. The first-order valence-electron chi connectivity index (χ1n) is 10.8. The van der Waals surface area contributed by atoms with Gasteiger partial charge in [-0.1, -0.05) is 6.07 Å². The molecule has 0 amide bonds. The molecule has 6 rings (SSSR count). The van der Waals surface area contributed by atoms with Crippen LogP contribution in [0.2, 0.25) is 0 Å². The first-order chi connectivity index (χ1) is 14.8. The zero-order valence-electron chi connectivity index (χ0n) is 17.0. The van der Waals surface area contributed by atoms with Gasteiger partial charge >= 0.3 is 0 Å². The van der Waals surface area contributed by atoms with E-state index in [9.17, 15) is 0 Å². The third-order valence-corrected chi connectivity index (χ3v) is 7.51. The van der Waals surface area contributed by atoms with E-state index in [4.69, 9.17) is 9.97 Å². The molecule has 3 aliphatic heterocycles. The largest absolute Gasteiger partial charge is 0.366 e. The standard InChI is InChI=1S/C24H25N5S/c1-2-24(27-23-16-30-10-6-18(1)23)29-9-5-22-19(14-29)11-21(13-26-22)28-8-4-17-3-7-25-12-20(17)15-28/h1-3,7,11-13H,4-6,8-10,14-16H2. The first-order valence-corrected chi connectivity index (χ1v) is 11.9. The number of hydrogen-bond donors (Lipinski definition) is 0. The third-order valence-electron chi connectivity index (χ3n) is 6.54. The van der Waals surface area contributed by atoms with Crippen molar-refractivity contribution in [3.05, 3.63) is 76.5 Å². The molecule has 0 saturated heterocycles. The Bertz CT molecular complexity index is 1100. The summed E-state index contributed by atoms with van der Waals surface area (Å²) >= 11 is 1.99. The van der Waals surface area contributed by atoms with Crippen molar-refractivity contribution in [2.45, 2.75) is 38.1 Å². The van der Waals surface area contributed by atoms with Crippen LogP contribution in [0.4, 0.5) is 11.5 Å². The van der Waals surface area contributed by atoms with Gasteiger partial charge in [0.1, 0.15) is 5.82 Å². The number of aryl methyl sites for hydroxylation is 1. The van der Waals surface area contributed by atoms with Gasteiger partial charge in [-0.05, 0) is 59.0 Å². The molecule has 3 aromatic heterocycles. The second-order valence-electron chi connectivity index (χ2n) is 8.36. The maximum absolute atomic E-state index is 5.01. The number of fused-ring (bicyclic) bond motifs is 3. The van der Waals surface area contributed by atoms with Gasteiger partial charge in [0.25, 0.3) is 0 Å². The maximum atomic E-state index is 5.01. The highest BCUT2D eigenvalue weighted by atomic mass is 32.2. The molecular weight excluding hydrogens is 390 g/mol. The van der Waals surface area contributed by atoms with Gasteiger partial charge in [-0.3, -0.25) is 9.97 Å². The van der Waals surface area contributed by atoms with Crippen LogP contribution in [-0.2, 0) is 38.1 Å². The van der Waals surface area contributed by atoms with Gasteiger partial charge in [0.2, 0.25) is 0 Å². The third kappa shape index (κ3) is 3.33. The number of nitrogens with zero attached hydrogens (tertiary/aromatic N) is 5. The minimum Gasteiger partial charge on any atom is -0.366 e. The molecule has 0 aliphatic carbocycles.